The van der Waals surface area contributed by atoms with E-state index in [9.17, 15) is 9.18 Å². The van der Waals surface area contributed by atoms with Crippen molar-refractivity contribution in [2.75, 3.05) is 49.1 Å². The number of likely N-dealkylation sites (tertiary alicyclic amines) is 1. The van der Waals surface area contributed by atoms with Crippen molar-refractivity contribution < 1.29 is 9.18 Å². The highest BCUT2D eigenvalue weighted by Crippen LogP contribution is 2.21. The van der Waals surface area contributed by atoms with Gasteiger partial charge >= 0.3 is 0 Å². The van der Waals surface area contributed by atoms with Crippen LogP contribution in [0, 0.1) is 18.7 Å². The molecule has 4 rings (SSSR count). The van der Waals surface area contributed by atoms with Crippen LogP contribution in [0.5, 0.6) is 0 Å². The molecule has 0 atom stereocenters. The quantitative estimate of drug-likeness (QED) is 0.797. The molecule has 0 bridgehead atoms. The van der Waals surface area contributed by atoms with Crippen molar-refractivity contribution in [1.29, 1.82) is 0 Å². The molecule has 0 saturated carbocycles. The molecule has 2 aromatic rings. The molecule has 0 aliphatic carbocycles. The highest BCUT2D eigenvalue weighted by Gasteiger charge is 2.25. The van der Waals surface area contributed by atoms with Gasteiger partial charge in [0.1, 0.15) is 11.5 Å². The number of halogens is 1. The molecule has 6 nitrogen and oxygen atoms in total. The minimum Gasteiger partial charge on any atom is -0.368 e. The van der Waals surface area contributed by atoms with Crippen LogP contribution in [0.25, 0.3) is 0 Å². The number of benzene rings is 1. The van der Waals surface area contributed by atoms with Crippen LogP contribution in [0.3, 0.4) is 0 Å². The third-order valence-electron chi connectivity index (χ3n) is 5.89. The molecule has 0 radical (unpaired) electrons. The molecule has 0 spiro atoms. The Morgan fingerprint density at radius 2 is 1.59 bits per heavy atom. The zero-order valence-corrected chi connectivity index (χ0v) is 17.1. The number of hydrogen-bond acceptors (Lipinski definition) is 5. The first kappa shape index (κ1) is 19.6. The first-order chi connectivity index (χ1) is 14.0. The maximum Gasteiger partial charge on any atom is 0.272 e. The molecule has 154 valence electrons. The molecule has 2 saturated heterocycles. The van der Waals surface area contributed by atoms with Crippen molar-refractivity contribution in [2.45, 2.75) is 26.7 Å². The minimum absolute atomic E-state index is 0.00796. The number of piperazine rings is 1. The van der Waals surface area contributed by atoms with Crippen molar-refractivity contribution in [2.24, 2.45) is 5.92 Å². The van der Waals surface area contributed by atoms with Gasteiger partial charge in [-0.05, 0) is 56.0 Å². The minimum atomic E-state index is -0.221. The Morgan fingerprint density at radius 3 is 2.24 bits per heavy atom. The molecule has 1 aromatic heterocycles. The second-order valence-electron chi connectivity index (χ2n) is 8.12. The van der Waals surface area contributed by atoms with Gasteiger partial charge in [0, 0.05) is 50.6 Å². The van der Waals surface area contributed by atoms with Crippen molar-refractivity contribution in [3.8, 4) is 0 Å². The highest BCUT2D eigenvalue weighted by atomic mass is 19.1. The van der Waals surface area contributed by atoms with Gasteiger partial charge in [0.15, 0.2) is 0 Å². The number of carbonyl (C=O) groups is 1. The molecule has 1 amide bonds. The average molecular weight is 397 g/mol. The summed E-state index contributed by atoms with van der Waals surface area (Å²) in [6, 6.07) is 8.39. The van der Waals surface area contributed by atoms with Crippen LogP contribution in [-0.4, -0.2) is 60.0 Å². The largest absolute Gasteiger partial charge is 0.368 e. The fraction of sp³-hybridized carbons (Fsp3) is 0.500. The lowest BCUT2D eigenvalue weighted by Crippen LogP contribution is -2.47. The van der Waals surface area contributed by atoms with Crippen LogP contribution in [-0.2, 0) is 0 Å². The van der Waals surface area contributed by atoms with E-state index in [1.807, 2.05) is 24.0 Å². The first-order valence-corrected chi connectivity index (χ1v) is 10.4. The Kier molecular flexibility index (Phi) is 5.65. The molecule has 7 heteroatoms. The molecular weight excluding hydrogens is 369 g/mol. The molecular formula is C22H28FN5O. The normalized spacial score (nSPS) is 18.2. The average Bonchev–Trinajstić information content (AvgIpc) is 2.74. The lowest BCUT2D eigenvalue weighted by molar-refractivity contribution is 0.0691. The maximum atomic E-state index is 13.2. The Bertz CT molecular complexity index is 856. The van der Waals surface area contributed by atoms with Crippen molar-refractivity contribution in [1.82, 2.24) is 14.9 Å². The Labute approximate surface area is 171 Å². The summed E-state index contributed by atoms with van der Waals surface area (Å²) in [6.45, 7) is 8.87. The molecule has 2 aliphatic rings. The van der Waals surface area contributed by atoms with E-state index < -0.39 is 0 Å². The molecule has 2 aliphatic heterocycles. The number of aromatic nitrogens is 2. The molecule has 29 heavy (non-hydrogen) atoms. The van der Waals surface area contributed by atoms with E-state index in [-0.39, 0.29) is 11.7 Å². The fourth-order valence-corrected chi connectivity index (χ4v) is 3.99. The maximum absolute atomic E-state index is 13.2. The Hall–Kier alpha value is -2.70. The zero-order chi connectivity index (χ0) is 20.4. The summed E-state index contributed by atoms with van der Waals surface area (Å²) in [4.78, 5) is 28.4. The topological polar surface area (TPSA) is 52.6 Å². The number of rotatable bonds is 3. The number of carbonyl (C=O) groups excluding carboxylic acids is 1. The number of hydrogen-bond donors (Lipinski definition) is 0. The second kappa shape index (κ2) is 8.35. The van der Waals surface area contributed by atoms with Crippen LogP contribution in [0.2, 0.25) is 0 Å². The van der Waals surface area contributed by atoms with Gasteiger partial charge in [0.2, 0.25) is 5.95 Å². The van der Waals surface area contributed by atoms with Gasteiger partial charge in [-0.25, -0.2) is 14.4 Å². The molecule has 0 N–H and O–H groups in total. The number of piperidine rings is 1. The van der Waals surface area contributed by atoms with Crippen molar-refractivity contribution in [3.63, 3.8) is 0 Å². The predicted molar refractivity (Wildman–Crippen MR) is 112 cm³/mol. The second-order valence-corrected chi connectivity index (χ2v) is 8.12. The summed E-state index contributed by atoms with van der Waals surface area (Å²) >= 11 is 0. The molecule has 0 unspecified atom stereocenters. The molecule has 2 fully saturated rings. The van der Waals surface area contributed by atoms with Crippen LogP contribution in [0.1, 0.15) is 35.9 Å². The van der Waals surface area contributed by atoms with Gasteiger partial charge in [0.05, 0.1) is 0 Å². The fourth-order valence-electron chi connectivity index (χ4n) is 3.99. The Balaban J connectivity index is 1.44. The lowest BCUT2D eigenvalue weighted by atomic mass is 9.99. The number of anilines is 2. The number of aryl methyl sites for hydroxylation is 1. The highest BCUT2D eigenvalue weighted by molar-refractivity contribution is 5.92. The molecule has 1 aromatic carbocycles. The van der Waals surface area contributed by atoms with E-state index in [0.29, 0.717) is 17.6 Å². The van der Waals surface area contributed by atoms with Crippen molar-refractivity contribution >= 4 is 17.5 Å². The summed E-state index contributed by atoms with van der Waals surface area (Å²) in [5.41, 5.74) is 2.32. The first-order valence-electron chi connectivity index (χ1n) is 10.4. The van der Waals surface area contributed by atoms with Gasteiger partial charge in [-0.15, -0.1) is 0 Å². The van der Waals surface area contributed by atoms with Gasteiger partial charge < -0.3 is 14.7 Å². The third-order valence-corrected chi connectivity index (χ3v) is 5.89. The molecule has 3 heterocycles. The van der Waals surface area contributed by atoms with Crippen LogP contribution < -0.4 is 9.80 Å². The monoisotopic (exact) mass is 397 g/mol. The van der Waals surface area contributed by atoms with E-state index in [1.165, 1.54) is 12.1 Å². The standard InChI is InChI=1S/C22H28FN5O/c1-16-7-9-27(10-8-16)21(29)20-15-17(2)24-22(25-20)28-13-11-26(12-14-28)19-5-3-18(23)4-6-19/h3-6,15-16H,7-14H2,1-2H3. The summed E-state index contributed by atoms with van der Waals surface area (Å²) in [7, 11) is 0. The smallest absolute Gasteiger partial charge is 0.272 e. The van der Waals surface area contributed by atoms with Crippen LogP contribution in [0.15, 0.2) is 30.3 Å². The Morgan fingerprint density at radius 1 is 0.966 bits per heavy atom. The summed E-state index contributed by atoms with van der Waals surface area (Å²) in [5, 5.41) is 0. The van der Waals surface area contributed by atoms with E-state index >= 15 is 0 Å². The van der Waals surface area contributed by atoms with Gasteiger partial charge in [-0.2, -0.15) is 0 Å². The van der Waals surface area contributed by atoms with Crippen LogP contribution in [0.4, 0.5) is 16.0 Å². The summed E-state index contributed by atoms with van der Waals surface area (Å²) in [6.07, 6.45) is 2.10. The predicted octanol–water partition coefficient (Wildman–Crippen LogP) is 3.12. The van der Waals surface area contributed by atoms with Gasteiger partial charge in [-0.1, -0.05) is 6.92 Å². The lowest BCUT2D eigenvalue weighted by Gasteiger charge is -2.36. The third kappa shape index (κ3) is 4.49. The SMILES string of the molecule is Cc1cc(C(=O)N2CCC(C)CC2)nc(N2CCN(c3ccc(F)cc3)CC2)n1. The van der Waals surface area contributed by atoms with Gasteiger partial charge in [0.25, 0.3) is 5.91 Å². The van der Waals surface area contributed by atoms with Crippen molar-refractivity contribution in [3.05, 3.63) is 47.5 Å². The van der Waals surface area contributed by atoms with E-state index in [0.717, 1.165) is 63.5 Å². The summed E-state index contributed by atoms with van der Waals surface area (Å²) < 4.78 is 13.2. The number of nitrogens with zero attached hydrogens (tertiary/aromatic N) is 5. The zero-order valence-electron chi connectivity index (χ0n) is 17.1. The van der Waals surface area contributed by atoms with E-state index in [2.05, 4.69) is 26.7 Å². The number of amides is 1. The van der Waals surface area contributed by atoms with Gasteiger partial charge in [-0.3, -0.25) is 4.79 Å². The van der Waals surface area contributed by atoms with E-state index in [4.69, 9.17) is 0 Å². The van der Waals surface area contributed by atoms with Crippen LogP contribution >= 0.6 is 0 Å². The summed E-state index contributed by atoms with van der Waals surface area (Å²) in [5.74, 6) is 1.09. The van der Waals surface area contributed by atoms with E-state index in [1.54, 1.807) is 6.07 Å².